The van der Waals surface area contributed by atoms with Gasteiger partial charge in [-0.2, -0.15) is 0 Å². The molecule has 2 N–H and O–H groups in total. The fourth-order valence-electron chi connectivity index (χ4n) is 2.59. The monoisotopic (exact) mass is 404 g/mol. The summed E-state index contributed by atoms with van der Waals surface area (Å²) in [6, 6.07) is 15.1. The third-order valence-corrected chi connectivity index (χ3v) is 4.37. The average molecular weight is 405 g/mol. The Morgan fingerprint density at radius 1 is 1.20 bits per heavy atom. The Morgan fingerprint density at radius 3 is 2.76 bits per heavy atom. The van der Waals surface area contributed by atoms with E-state index in [2.05, 4.69) is 26.6 Å². The van der Waals surface area contributed by atoms with Crippen LogP contribution in [0.5, 0.6) is 5.75 Å². The number of hydrogen-bond acceptors (Lipinski definition) is 4. The minimum atomic E-state index is -0.104. The third kappa shape index (κ3) is 5.76. The van der Waals surface area contributed by atoms with Gasteiger partial charge in [-0.05, 0) is 55.3 Å². The van der Waals surface area contributed by atoms with Crippen LogP contribution in [0.25, 0.3) is 0 Å². The molecule has 2 aromatic carbocycles. The summed E-state index contributed by atoms with van der Waals surface area (Å²) in [5, 5.41) is 5.95. The van der Waals surface area contributed by atoms with Gasteiger partial charge in [0.1, 0.15) is 12.4 Å². The number of carbonyl (C=O) groups excluding carboxylic acids is 1. The summed E-state index contributed by atoms with van der Waals surface area (Å²) in [7, 11) is 0. The van der Waals surface area contributed by atoms with Crippen LogP contribution in [0.15, 0.2) is 53.0 Å². The number of benzene rings is 2. The molecule has 0 radical (unpaired) electrons. The Bertz CT molecular complexity index is 700. The SMILES string of the molecule is O=C(CNc1cccc(Br)c1)Nc1ccc(OCC2CCCO2)cc1. The standard InChI is InChI=1S/C19H21BrN2O3/c20-14-3-1-4-16(11-14)21-12-19(23)22-15-6-8-17(9-7-15)25-13-18-5-2-10-24-18/h1,3-4,6-9,11,18,21H,2,5,10,12-13H2,(H,22,23). The van der Waals surface area contributed by atoms with Crippen LogP contribution in [0.4, 0.5) is 11.4 Å². The van der Waals surface area contributed by atoms with Crippen LogP contribution < -0.4 is 15.4 Å². The highest BCUT2D eigenvalue weighted by atomic mass is 79.9. The summed E-state index contributed by atoms with van der Waals surface area (Å²) < 4.78 is 12.2. The van der Waals surface area contributed by atoms with Crippen molar-refractivity contribution in [2.75, 3.05) is 30.4 Å². The normalized spacial score (nSPS) is 16.4. The zero-order valence-electron chi connectivity index (χ0n) is 13.8. The number of anilines is 2. The second-order valence-corrected chi connectivity index (χ2v) is 6.80. The van der Waals surface area contributed by atoms with Crippen molar-refractivity contribution in [3.63, 3.8) is 0 Å². The van der Waals surface area contributed by atoms with Crippen molar-refractivity contribution in [2.24, 2.45) is 0 Å². The third-order valence-electron chi connectivity index (χ3n) is 3.88. The van der Waals surface area contributed by atoms with Gasteiger partial charge in [0.05, 0.1) is 12.6 Å². The molecule has 0 aromatic heterocycles. The van der Waals surface area contributed by atoms with Crippen LogP contribution in [-0.4, -0.2) is 31.8 Å². The van der Waals surface area contributed by atoms with Gasteiger partial charge in [0, 0.05) is 22.5 Å². The van der Waals surface area contributed by atoms with Crippen LogP contribution in [0, 0.1) is 0 Å². The molecule has 1 aliphatic heterocycles. The van der Waals surface area contributed by atoms with Gasteiger partial charge >= 0.3 is 0 Å². The van der Waals surface area contributed by atoms with E-state index in [1.54, 1.807) is 0 Å². The highest BCUT2D eigenvalue weighted by molar-refractivity contribution is 9.10. The second kappa shape index (κ2) is 8.87. The topological polar surface area (TPSA) is 59.6 Å². The molecule has 1 atom stereocenters. The van der Waals surface area contributed by atoms with E-state index < -0.39 is 0 Å². The summed E-state index contributed by atoms with van der Waals surface area (Å²) in [4.78, 5) is 12.0. The van der Waals surface area contributed by atoms with Gasteiger partial charge in [0.2, 0.25) is 5.91 Å². The first-order valence-corrected chi connectivity index (χ1v) is 9.12. The molecule has 3 rings (SSSR count). The summed E-state index contributed by atoms with van der Waals surface area (Å²) in [5.41, 5.74) is 1.63. The largest absolute Gasteiger partial charge is 0.491 e. The molecule has 0 aliphatic carbocycles. The number of halogens is 1. The molecule has 0 bridgehead atoms. The first-order valence-electron chi connectivity index (χ1n) is 8.33. The highest BCUT2D eigenvalue weighted by Gasteiger charge is 2.15. The molecular weight excluding hydrogens is 384 g/mol. The summed E-state index contributed by atoms with van der Waals surface area (Å²) in [6.07, 6.45) is 2.36. The number of nitrogens with one attached hydrogen (secondary N) is 2. The van der Waals surface area contributed by atoms with Crippen molar-refractivity contribution in [2.45, 2.75) is 18.9 Å². The molecule has 1 saturated heterocycles. The van der Waals surface area contributed by atoms with Crippen molar-refractivity contribution in [1.29, 1.82) is 0 Å². The maximum absolute atomic E-state index is 12.0. The zero-order chi connectivity index (χ0) is 17.5. The summed E-state index contributed by atoms with van der Waals surface area (Å²) >= 11 is 3.40. The molecule has 1 aliphatic rings. The predicted molar refractivity (Wildman–Crippen MR) is 102 cm³/mol. The van der Waals surface area contributed by atoms with Crippen LogP contribution in [0.2, 0.25) is 0 Å². The van der Waals surface area contributed by atoms with E-state index in [4.69, 9.17) is 9.47 Å². The van der Waals surface area contributed by atoms with E-state index in [0.29, 0.717) is 6.61 Å². The van der Waals surface area contributed by atoms with Crippen LogP contribution in [0.3, 0.4) is 0 Å². The lowest BCUT2D eigenvalue weighted by molar-refractivity contribution is -0.114. The van der Waals surface area contributed by atoms with E-state index >= 15 is 0 Å². The number of carbonyl (C=O) groups is 1. The molecule has 2 aromatic rings. The van der Waals surface area contributed by atoms with Crippen LogP contribution in [-0.2, 0) is 9.53 Å². The second-order valence-electron chi connectivity index (χ2n) is 5.88. The van der Waals surface area contributed by atoms with Gasteiger partial charge in [0.25, 0.3) is 0 Å². The molecule has 1 heterocycles. The molecule has 1 amide bonds. The summed E-state index contributed by atoms with van der Waals surface area (Å²) in [5.74, 6) is 0.675. The number of amides is 1. The Balaban J connectivity index is 1.43. The quantitative estimate of drug-likeness (QED) is 0.730. The molecule has 25 heavy (non-hydrogen) atoms. The summed E-state index contributed by atoms with van der Waals surface area (Å²) in [6.45, 7) is 1.60. The van der Waals surface area contributed by atoms with Crippen LogP contribution >= 0.6 is 15.9 Å². The van der Waals surface area contributed by atoms with Crippen molar-refractivity contribution in [1.82, 2.24) is 0 Å². The van der Waals surface area contributed by atoms with Gasteiger partial charge in [-0.3, -0.25) is 4.79 Å². The van der Waals surface area contributed by atoms with E-state index in [1.807, 2.05) is 48.5 Å². The molecule has 1 unspecified atom stereocenters. The molecule has 132 valence electrons. The Morgan fingerprint density at radius 2 is 2.04 bits per heavy atom. The minimum absolute atomic E-state index is 0.104. The van der Waals surface area contributed by atoms with E-state index in [-0.39, 0.29) is 18.6 Å². The lowest BCUT2D eigenvalue weighted by atomic mass is 10.2. The van der Waals surface area contributed by atoms with E-state index in [0.717, 1.165) is 41.0 Å². The predicted octanol–water partition coefficient (Wildman–Crippen LogP) is 4.06. The highest BCUT2D eigenvalue weighted by Crippen LogP contribution is 2.19. The van der Waals surface area contributed by atoms with Crippen molar-refractivity contribution in [3.05, 3.63) is 53.0 Å². The van der Waals surface area contributed by atoms with Crippen molar-refractivity contribution in [3.8, 4) is 5.75 Å². The van der Waals surface area contributed by atoms with Crippen LogP contribution in [0.1, 0.15) is 12.8 Å². The smallest absolute Gasteiger partial charge is 0.243 e. The maximum Gasteiger partial charge on any atom is 0.243 e. The van der Waals surface area contributed by atoms with Gasteiger partial charge in [-0.1, -0.05) is 22.0 Å². The fourth-order valence-corrected chi connectivity index (χ4v) is 2.98. The zero-order valence-corrected chi connectivity index (χ0v) is 15.4. The molecule has 0 saturated carbocycles. The lowest BCUT2D eigenvalue weighted by Gasteiger charge is -2.12. The van der Waals surface area contributed by atoms with Gasteiger partial charge in [0.15, 0.2) is 0 Å². The first-order chi connectivity index (χ1) is 12.2. The maximum atomic E-state index is 12.0. The molecule has 0 spiro atoms. The van der Waals surface area contributed by atoms with Gasteiger partial charge in [-0.15, -0.1) is 0 Å². The molecular formula is C19H21BrN2O3. The fraction of sp³-hybridized carbons (Fsp3) is 0.316. The first kappa shape index (κ1) is 17.8. The van der Waals surface area contributed by atoms with Gasteiger partial charge in [-0.25, -0.2) is 0 Å². The Kier molecular flexibility index (Phi) is 6.30. The number of rotatable bonds is 7. The lowest BCUT2D eigenvalue weighted by Crippen LogP contribution is -2.21. The Labute approximate surface area is 155 Å². The molecule has 1 fully saturated rings. The van der Waals surface area contributed by atoms with Gasteiger partial charge < -0.3 is 20.1 Å². The molecule has 5 nitrogen and oxygen atoms in total. The minimum Gasteiger partial charge on any atom is -0.491 e. The van der Waals surface area contributed by atoms with E-state index in [9.17, 15) is 4.79 Å². The number of ether oxygens (including phenoxy) is 2. The van der Waals surface area contributed by atoms with Crippen molar-refractivity contribution >= 4 is 33.2 Å². The Hall–Kier alpha value is -2.05. The number of hydrogen-bond donors (Lipinski definition) is 2. The molecule has 6 heteroatoms. The van der Waals surface area contributed by atoms with Crippen molar-refractivity contribution < 1.29 is 14.3 Å². The van der Waals surface area contributed by atoms with E-state index in [1.165, 1.54) is 0 Å². The average Bonchev–Trinajstić information content (AvgIpc) is 3.13.